The Morgan fingerprint density at radius 3 is 2.57 bits per heavy atom. The third-order valence-electron chi connectivity index (χ3n) is 3.25. The Kier molecular flexibility index (Phi) is 6.17. The predicted molar refractivity (Wildman–Crippen MR) is 88.2 cm³/mol. The van der Waals surface area contributed by atoms with Gasteiger partial charge < -0.3 is 15.8 Å². The van der Waals surface area contributed by atoms with E-state index in [1.807, 2.05) is 18.2 Å². The Morgan fingerprint density at radius 1 is 1.04 bits per heavy atom. The van der Waals surface area contributed by atoms with Gasteiger partial charge in [-0.25, -0.2) is 0 Å². The zero-order valence-corrected chi connectivity index (χ0v) is 12.8. The molecule has 5 nitrogen and oxygen atoms in total. The molecule has 0 bridgehead atoms. The van der Waals surface area contributed by atoms with Gasteiger partial charge in [0.1, 0.15) is 5.75 Å². The lowest BCUT2D eigenvalue weighted by Gasteiger charge is -2.08. The zero-order valence-electron chi connectivity index (χ0n) is 12.8. The molecule has 0 radical (unpaired) electrons. The number of aryl methyl sites for hydroxylation is 1. The van der Waals surface area contributed by atoms with Crippen molar-refractivity contribution in [2.45, 2.75) is 12.8 Å². The molecule has 120 valence electrons. The van der Waals surface area contributed by atoms with Crippen LogP contribution < -0.4 is 15.8 Å². The van der Waals surface area contributed by atoms with Crippen molar-refractivity contribution in [3.63, 3.8) is 0 Å². The van der Waals surface area contributed by atoms with Crippen LogP contribution in [-0.4, -0.2) is 25.0 Å². The zero-order chi connectivity index (χ0) is 16.5. The molecular weight excluding hydrogens is 292 g/mol. The Morgan fingerprint density at radius 2 is 1.83 bits per heavy atom. The van der Waals surface area contributed by atoms with E-state index in [-0.39, 0.29) is 12.5 Å². The molecule has 23 heavy (non-hydrogen) atoms. The molecule has 0 saturated heterocycles. The van der Waals surface area contributed by atoms with Crippen LogP contribution in [0.25, 0.3) is 0 Å². The summed E-state index contributed by atoms with van der Waals surface area (Å²) in [5.74, 6) is -0.274. The van der Waals surface area contributed by atoms with Gasteiger partial charge in [-0.05, 0) is 36.6 Å². The summed E-state index contributed by atoms with van der Waals surface area (Å²) in [5.41, 5.74) is 6.77. The second kappa shape index (κ2) is 8.58. The van der Waals surface area contributed by atoms with Crippen molar-refractivity contribution in [2.24, 2.45) is 5.73 Å². The Bertz CT molecular complexity index is 656. The number of rotatable bonds is 8. The van der Waals surface area contributed by atoms with Crippen molar-refractivity contribution in [3.05, 3.63) is 65.7 Å². The fraction of sp³-hybridized carbons (Fsp3) is 0.222. The summed E-state index contributed by atoms with van der Waals surface area (Å²) < 4.78 is 5.19. The first-order valence-electron chi connectivity index (χ1n) is 7.48. The first-order chi connectivity index (χ1) is 11.1. The van der Waals surface area contributed by atoms with E-state index in [4.69, 9.17) is 10.5 Å². The molecular formula is C18H20N2O3. The van der Waals surface area contributed by atoms with E-state index in [2.05, 4.69) is 17.4 Å². The number of hydrogen-bond donors (Lipinski definition) is 2. The smallest absolute Gasteiger partial charge is 0.255 e. The summed E-state index contributed by atoms with van der Waals surface area (Å²) >= 11 is 0. The van der Waals surface area contributed by atoms with E-state index in [0.29, 0.717) is 17.9 Å². The number of carbonyl (C=O) groups is 2. The molecule has 0 atom stereocenters. The molecule has 0 aliphatic rings. The predicted octanol–water partition coefficient (Wildman–Crippen LogP) is 1.91. The largest absolute Gasteiger partial charge is 0.484 e. The molecule has 0 aliphatic carbocycles. The highest BCUT2D eigenvalue weighted by Gasteiger charge is 2.06. The summed E-state index contributed by atoms with van der Waals surface area (Å²) in [6.45, 7) is 0.391. The summed E-state index contributed by atoms with van der Waals surface area (Å²) in [4.78, 5) is 22.8. The molecule has 0 saturated carbocycles. The Labute approximate surface area is 135 Å². The molecule has 2 rings (SSSR count). The van der Waals surface area contributed by atoms with Crippen LogP contribution in [-0.2, 0) is 11.2 Å². The van der Waals surface area contributed by atoms with Crippen LogP contribution in [0.15, 0.2) is 54.6 Å². The van der Waals surface area contributed by atoms with Crippen LogP contribution in [0.1, 0.15) is 22.3 Å². The van der Waals surface area contributed by atoms with Gasteiger partial charge in [-0.1, -0.05) is 36.4 Å². The highest BCUT2D eigenvalue weighted by Crippen LogP contribution is 2.13. The first-order valence-corrected chi connectivity index (χ1v) is 7.48. The second-order valence-electron chi connectivity index (χ2n) is 5.13. The molecule has 5 heteroatoms. The van der Waals surface area contributed by atoms with E-state index < -0.39 is 5.91 Å². The van der Waals surface area contributed by atoms with Gasteiger partial charge in [-0.15, -0.1) is 0 Å². The minimum absolute atomic E-state index is 0.164. The maximum atomic E-state index is 12.1. The minimum Gasteiger partial charge on any atom is -0.484 e. The highest BCUT2D eigenvalue weighted by molar-refractivity contribution is 5.94. The quantitative estimate of drug-likeness (QED) is 0.731. The van der Waals surface area contributed by atoms with Crippen molar-refractivity contribution >= 4 is 11.8 Å². The van der Waals surface area contributed by atoms with Crippen LogP contribution in [0, 0.1) is 0 Å². The molecule has 2 amide bonds. The van der Waals surface area contributed by atoms with Crippen LogP contribution in [0.5, 0.6) is 5.75 Å². The fourth-order valence-corrected chi connectivity index (χ4v) is 2.12. The molecule has 0 unspecified atom stereocenters. The highest BCUT2D eigenvalue weighted by atomic mass is 16.5. The number of ether oxygens (including phenoxy) is 1. The topological polar surface area (TPSA) is 81.4 Å². The van der Waals surface area contributed by atoms with E-state index >= 15 is 0 Å². The van der Waals surface area contributed by atoms with E-state index in [9.17, 15) is 9.59 Å². The molecule has 2 aromatic carbocycles. The molecule has 0 aliphatic heterocycles. The molecule has 0 aromatic heterocycles. The number of nitrogens with two attached hydrogens (primary N) is 1. The van der Waals surface area contributed by atoms with Crippen LogP contribution in [0.4, 0.5) is 0 Å². The average molecular weight is 312 g/mol. The number of hydrogen-bond acceptors (Lipinski definition) is 3. The molecule has 0 heterocycles. The van der Waals surface area contributed by atoms with Crippen molar-refractivity contribution in [3.8, 4) is 5.75 Å². The summed E-state index contributed by atoms with van der Waals surface area (Å²) in [6.07, 6.45) is 1.79. The molecule has 0 spiro atoms. The number of nitrogens with one attached hydrogen (secondary N) is 1. The first kappa shape index (κ1) is 16.5. The Balaban J connectivity index is 1.79. The normalized spacial score (nSPS) is 10.1. The maximum absolute atomic E-state index is 12.1. The number of amides is 2. The Hall–Kier alpha value is -2.82. The molecule has 3 N–H and O–H groups in total. The van der Waals surface area contributed by atoms with Crippen LogP contribution in [0.3, 0.4) is 0 Å². The van der Waals surface area contributed by atoms with Gasteiger partial charge in [0, 0.05) is 12.1 Å². The van der Waals surface area contributed by atoms with Gasteiger partial charge in [-0.3, -0.25) is 9.59 Å². The third kappa shape index (κ3) is 5.82. The lowest BCUT2D eigenvalue weighted by Crippen LogP contribution is -2.25. The van der Waals surface area contributed by atoms with Gasteiger partial charge in [0.15, 0.2) is 6.61 Å². The number of primary amides is 1. The van der Waals surface area contributed by atoms with Crippen molar-refractivity contribution in [1.82, 2.24) is 5.32 Å². The van der Waals surface area contributed by atoms with Crippen molar-refractivity contribution in [2.75, 3.05) is 13.2 Å². The van der Waals surface area contributed by atoms with Gasteiger partial charge in [0.25, 0.3) is 11.8 Å². The second-order valence-corrected chi connectivity index (χ2v) is 5.13. The molecule has 0 fully saturated rings. The SMILES string of the molecule is NC(=O)COc1cccc(C(=O)NCCCc2ccccc2)c1. The van der Waals surface area contributed by atoms with Crippen LogP contribution in [0.2, 0.25) is 0 Å². The monoisotopic (exact) mass is 312 g/mol. The lowest BCUT2D eigenvalue weighted by molar-refractivity contribution is -0.119. The van der Waals surface area contributed by atoms with Crippen LogP contribution >= 0.6 is 0 Å². The maximum Gasteiger partial charge on any atom is 0.255 e. The van der Waals surface area contributed by atoms with Gasteiger partial charge in [0.2, 0.25) is 0 Å². The van der Waals surface area contributed by atoms with E-state index in [1.54, 1.807) is 24.3 Å². The van der Waals surface area contributed by atoms with E-state index in [0.717, 1.165) is 12.8 Å². The third-order valence-corrected chi connectivity index (χ3v) is 3.25. The summed E-state index contributed by atoms with van der Waals surface area (Å²) in [6, 6.07) is 16.8. The standard InChI is InChI=1S/C18H20N2O3/c19-17(21)13-23-16-10-4-9-15(12-16)18(22)20-11-5-8-14-6-2-1-3-7-14/h1-4,6-7,9-10,12H,5,8,11,13H2,(H2,19,21)(H,20,22). The van der Waals surface area contributed by atoms with Gasteiger partial charge in [-0.2, -0.15) is 0 Å². The average Bonchev–Trinajstić information content (AvgIpc) is 2.58. The van der Waals surface area contributed by atoms with Crippen molar-refractivity contribution in [1.29, 1.82) is 0 Å². The van der Waals surface area contributed by atoms with Gasteiger partial charge in [0.05, 0.1) is 0 Å². The van der Waals surface area contributed by atoms with Gasteiger partial charge >= 0.3 is 0 Å². The number of carbonyl (C=O) groups excluding carboxylic acids is 2. The minimum atomic E-state index is -0.555. The number of benzene rings is 2. The van der Waals surface area contributed by atoms with Crippen molar-refractivity contribution < 1.29 is 14.3 Å². The lowest BCUT2D eigenvalue weighted by atomic mass is 10.1. The summed E-state index contributed by atoms with van der Waals surface area (Å²) in [5, 5.41) is 2.88. The van der Waals surface area contributed by atoms with E-state index in [1.165, 1.54) is 5.56 Å². The molecule has 2 aromatic rings. The summed E-state index contributed by atoms with van der Waals surface area (Å²) in [7, 11) is 0. The fourth-order valence-electron chi connectivity index (χ4n) is 2.12.